The van der Waals surface area contributed by atoms with Gasteiger partial charge in [0, 0.05) is 18.9 Å². The van der Waals surface area contributed by atoms with Crippen LogP contribution >= 0.6 is 0 Å². The van der Waals surface area contributed by atoms with Crippen LogP contribution in [0.2, 0.25) is 0 Å². The largest absolute Gasteiger partial charge is 0.497 e. The van der Waals surface area contributed by atoms with Crippen molar-refractivity contribution < 1.29 is 14.3 Å². The molecule has 100 valence electrons. The number of methoxy groups -OCH3 is 2. The van der Waals surface area contributed by atoms with Gasteiger partial charge < -0.3 is 19.8 Å². The Morgan fingerprint density at radius 2 is 2.11 bits per heavy atom. The van der Waals surface area contributed by atoms with Gasteiger partial charge in [-0.05, 0) is 29.8 Å². The predicted molar refractivity (Wildman–Crippen MR) is 71.5 cm³/mol. The lowest BCUT2D eigenvalue weighted by molar-refractivity contribution is 0.0947. The molecule has 0 radical (unpaired) electrons. The third-order valence-corrected chi connectivity index (χ3v) is 2.77. The number of rotatable bonds is 5. The summed E-state index contributed by atoms with van der Waals surface area (Å²) in [6, 6.07) is 7.03. The fraction of sp³-hybridized carbons (Fsp3) is 0.214. The van der Waals surface area contributed by atoms with Crippen LogP contribution in [0.15, 0.2) is 36.7 Å². The number of hydrogen-bond donors (Lipinski definition) is 2. The predicted octanol–water partition coefficient (Wildman–Crippen LogP) is 1.96. The summed E-state index contributed by atoms with van der Waals surface area (Å²) in [6.45, 7) is 0.461. The van der Waals surface area contributed by atoms with E-state index in [1.165, 1.54) is 7.11 Å². The second kappa shape index (κ2) is 5.95. The molecule has 0 spiro atoms. The first-order chi connectivity index (χ1) is 9.24. The molecule has 0 saturated carbocycles. The lowest BCUT2D eigenvalue weighted by atomic mass is 10.1. The van der Waals surface area contributed by atoms with Crippen LogP contribution in [0, 0.1) is 0 Å². The number of amides is 1. The van der Waals surface area contributed by atoms with Crippen molar-refractivity contribution >= 4 is 5.91 Å². The Balaban J connectivity index is 2.12. The Labute approximate surface area is 111 Å². The van der Waals surface area contributed by atoms with Crippen molar-refractivity contribution in [1.82, 2.24) is 10.3 Å². The molecule has 1 heterocycles. The number of ether oxygens (including phenoxy) is 2. The normalized spacial score (nSPS) is 10.0. The maximum atomic E-state index is 12.1. The van der Waals surface area contributed by atoms with Gasteiger partial charge in [0.2, 0.25) is 0 Å². The Morgan fingerprint density at radius 1 is 1.26 bits per heavy atom. The van der Waals surface area contributed by atoms with Crippen LogP contribution in [0.5, 0.6) is 11.5 Å². The molecule has 0 atom stereocenters. The van der Waals surface area contributed by atoms with Gasteiger partial charge in [-0.3, -0.25) is 4.79 Å². The van der Waals surface area contributed by atoms with Crippen LogP contribution in [0.3, 0.4) is 0 Å². The minimum atomic E-state index is -0.197. The summed E-state index contributed by atoms with van der Waals surface area (Å²) in [5.74, 6) is 0.942. The van der Waals surface area contributed by atoms with Crippen molar-refractivity contribution in [2.75, 3.05) is 14.2 Å². The summed E-state index contributed by atoms with van der Waals surface area (Å²) in [6.07, 6.45) is 3.65. The monoisotopic (exact) mass is 260 g/mol. The summed E-state index contributed by atoms with van der Waals surface area (Å²) in [5.41, 5.74) is 1.47. The minimum absolute atomic E-state index is 0.197. The van der Waals surface area contributed by atoms with Gasteiger partial charge in [0.05, 0.1) is 19.8 Å². The van der Waals surface area contributed by atoms with Gasteiger partial charge in [0.1, 0.15) is 11.5 Å². The molecule has 5 nitrogen and oxygen atoms in total. The minimum Gasteiger partial charge on any atom is -0.497 e. The van der Waals surface area contributed by atoms with Crippen molar-refractivity contribution in [3.63, 3.8) is 0 Å². The molecule has 1 amide bonds. The smallest absolute Gasteiger partial charge is 0.255 e. The van der Waals surface area contributed by atoms with E-state index >= 15 is 0 Å². The molecule has 0 fully saturated rings. The fourth-order valence-electron chi connectivity index (χ4n) is 1.74. The number of aromatic nitrogens is 1. The van der Waals surface area contributed by atoms with Crippen molar-refractivity contribution in [1.29, 1.82) is 0 Å². The van der Waals surface area contributed by atoms with Crippen LogP contribution in [0.4, 0.5) is 0 Å². The first-order valence-electron chi connectivity index (χ1n) is 5.86. The SMILES string of the molecule is COc1ccc(OC)c(C(=O)NCc2cc[nH]c2)c1. The van der Waals surface area contributed by atoms with Crippen molar-refractivity contribution in [3.8, 4) is 11.5 Å². The molecule has 0 aliphatic rings. The highest BCUT2D eigenvalue weighted by Crippen LogP contribution is 2.23. The molecule has 0 unspecified atom stereocenters. The van der Waals surface area contributed by atoms with E-state index in [1.807, 2.05) is 18.5 Å². The number of nitrogens with one attached hydrogen (secondary N) is 2. The standard InChI is InChI=1S/C14H16N2O3/c1-18-11-3-4-13(19-2)12(7-11)14(17)16-9-10-5-6-15-8-10/h3-8,15H,9H2,1-2H3,(H,16,17). The van der Waals surface area contributed by atoms with Gasteiger partial charge in [0.25, 0.3) is 5.91 Å². The summed E-state index contributed by atoms with van der Waals surface area (Å²) >= 11 is 0. The van der Waals surface area contributed by atoms with Crippen LogP contribution in [-0.4, -0.2) is 25.1 Å². The maximum Gasteiger partial charge on any atom is 0.255 e. The number of aromatic amines is 1. The number of hydrogen-bond acceptors (Lipinski definition) is 3. The first kappa shape index (κ1) is 13.0. The summed E-state index contributed by atoms with van der Waals surface area (Å²) in [5, 5.41) is 2.83. The highest BCUT2D eigenvalue weighted by atomic mass is 16.5. The van der Waals surface area contributed by atoms with Gasteiger partial charge in [-0.1, -0.05) is 0 Å². The van der Waals surface area contributed by atoms with Crippen LogP contribution in [0.25, 0.3) is 0 Å². The molecule has 2 rings (SSSR count). The maximum absolute atomic E-state index is 12.1. The topological polar surface area (TPSA) is 63.4 Å². The Bertz CT molecular complexity index is 550. The molecule has 0 bridgehead atoms. The molecule has 2 aromatic rings. The zero-order valence-electron chi connectivity index (χ0n) is 10.9. The van der Waals surface area contributed by atoms with E-state index in [1.54, 1.807) is 25.3 Å². The number of benzene rings is 1. The second-order valence-electron chi connectivity index (χ2n) is 3.97. The van der Waals surface area contributed by atoms with Gasteiger partial charge in [-0.2, -0.15) is 0 Å². The molecular formula is C14H16N2O3. The molecule has 0 aliphatic heterocycles. The molecular weight excluding hydrogens is 244 g/mol. The lowest BCUT2D eigenvalue weighted by Crippen LogP contribution is -2.23. The zero-order chi connectivity index (χ0) is 13.7. The van der Waals surface area contributed by atoms with Crippen LogP contribution in [-0.2, 0) is 6.54 Å². The summed E-state index contributed by atoms with van der Waals surface area (Å²) in [7, 11) is 3.09. The first-order valence-corrected chi connectivity index (χ1v) is 5.86. The zero-order valence-corrected chi connectivity index (χ0v) is 10.9. The quantitative estimate of drug-likeness (QED) is 0.863. The van der Waals surface area contributed by atoms with Gasteiger partial charge in [-0.15, -0.1) is 0 Å². The summed E-state index contributed by atoms with van der Waals surface area (Å²) < 4.78 is 10.3. The molecule has 5 heteroatoms. The number of H-pyrrole nitrogens is 1. The average Bonchev–Trinajstić information content (AvgIpc) is 2.97. The third-order valence-electron chi connectivity index (χ3n) is 2.77. The van der Waals surface area contributed by atoms with Crippen LogP contribution in [0.1, 0.15) is 15.9 Å². The molecule has 0 saturated heterocycles. The van der Waals surface area contributed by atoms with Crippen molar-refractivity contribution in [2.24, 2.45) is 0 Å². The Kier molecular flexibility index (Phi) is 4.07. The lowest BCUT2D eigenvalue weighted by Gasteiger charge is -2.10. The van der Waals surface area contributed by atoms with Gasteiger partial charge in [-0.25, -0.2) is 0 Å². The fourth-order valence-corrected chi connectivity index (χ4v) is 1.74. The van der Waals surface area contributed by atoms with E-state index in [4.69, 9.17) is 9.47 Å². The van der Waals surface area contributed by atoms with Crippen molar-refractivity contribution in [3.05, 3.63) is 47.8 Å². The number of carbonyl (C=O) groups excluding carboxylic acids is 1. The highest BCUT2D eigenvalue weighted by Gasteiger charge is 2.13. The Hall–Kier alpha value is -2.43. The summed E-state index contributed by atoms with van der Waals surface area (Å²) in [4.78, 5) is 15.1. The van der Waals surface area contributed by atoms with E-state index in [-0.39, 0.29) is 5.91 Å². The molecule has 1 aromatic carbocycles. The second-order valence-corrected chi connectivity index (χ2v) is 3.97. The molecule has 19 heavy (non-hydrogen) atoms. The van der Waals surface area contributed by atoms with Gasteiger partial charge >= 0.3 is 0 Å². The van der Waals surface area contributed by atoms with E-state index in [0.717, 1.165) is 5.56 Å². The van der Waals surface area contributed by atoms with E-state index in [0.29, 0.717) is 23.6 Å². The molecule has 2 N–H and O–H groups in total. The van der Waals surface area contributed by atoms with E-state index in [2.05, 4.69) is 10.3 Å². The molecule has 1 aromatic heterocycles. The van der Waals surface area contributed by atoms with Gasteiger partial charge in [0.15, 0.2) is 0 Å². The van der Waals surface area contributed by atoms with Crippen LogP contribution < -0.4 is 14.8 Å². The number of carbonyl (C=O) groups is 1. The highest BCUT2D eigenvalue weighted by molar-refractivity contribution is 5.97. The van der Waals surface area contributed by atoms with Crippen molar-refractivity contribution in [2.45, 2.75) is 6.54 Å². The third kappa shape index (κ3) is 3.07. The average molecular weight is 260 g/mol. The Morgan fingerprint density at radius 3 is 2.74 bits per heavy atom. The molecule has 0 aliphatic carbocycles. The van der Waals surface area contributed by atoms with E-state index in [9.17, 15) is 4.79 Å². The van der Waals surface area contributed by atoms with E-state index < -0.39 is 0 Å².